The largest absolute Gasteiger partial charge is 0.420 e. The normalized spacial score (nSPS) is 13.3. The summed E-state index contributed by atoms with van der Waals surface area (Å²) in [5.41, 5.74) is -15.2. The molecule has 0 saturated heterocycles. The van der Waals surface area contributed by atoms with Crippen molar-refractivity contribution in [3.8, 4) is 0 Å². The Labute approximate surface area is 184 Å². The molecule has 0 fully saturated rings. The molecule has 1 aromatic rings. The molecule has 0 heterocycles. The van der Waals surface area contributed by atoms with Gasteiger partial charge in [-0.15, -0.1) is 0 Å². The molecule has 0 aliphatic rings. The van der Waals surface area contributed by atoms with Gasteiger partial charge in [-0.25, -0.2) is 0 Å². The highest BCUT2D eigenvalue weighted by Crippen LogP contribution is 2.53. The molecule has 1 rings (SSSR count). The average Bonchev–Trinajstić information content (AvgIpc) is 2.60. The second-order valence-corrected chi connectivity index (χ2v) is 6.65. The smallest absolute Gasteiger partial charge is 0.394 e. The zero-order valence-electron chi connectivity index (χ0n) is 17.0. The van der Waals surface area contributed by atoms with E-state index in [4.69, 9.17) is 5.11 Å². The molecular formula is C17H16F9N3O5. The minimum absolute atomic E-state index is 0.452. The van der Waals surface area contributed by atoms with E-state index in [1.165, 1.54) is 5.32 Å². The van der Waals surface area contributed by atoms with E-state index in [0.717, 1.165) is 10.6 Å². The molecule has 0 bridgehead atoms. The molecule has 0 radical (unpaired) electrons. The molecule has 17 heteroatoms. The zero-order valence-corrected chi connectivity index (χ0v) is 17.0. The summed E-state index contributed by atoms with van der Waals surface area (Å²) in [6.45, 7) is -1.28. The predicted molar refractivity (Wildman–Crippen MR) is 95.5 cm³/mol. The number of halogens is 9. The minimum Gasteiger partial charge on any atom is -0.394 e. The number of carbonyl (C=O) groups excluding carboxylic acids is 3. The second-order valence-electron chi connectivity index (χ2n) is 6.65. The maximum Gasteiger partial charge on any atom is 0.420 e. The van der Waals surface area contributed by atoms with Crippen LogP contribution in [0.3, 0.4) is 0 Å². The summed E-state index contributed by atoms with van der Waals surface area (Å²) in [5, 5.41) is 21.7. The summed E-state index contributed by atoms with van der Waals surface area (Å²) in [6, 6.07) is 0. The Morgan fingerprint density at radius 3 is 1.38 bits per heavy atom. The summed E-state index contributed by atoms with van der Waals surface area (Å²) in [4.78, 5) is 35.2. The number of anilines is 2. The fraction of sp³-hybridized carbons (Fsp3) is 0.471. The number of amides is 3. The van der Waals surface area contributed by atoms with E-state index in [0.29, 0.717) is 13.8 Å². The molecule has 34 heavy (non-hydrogen) atoms. The van der Waals surface area contributed by atoms with Crippen LogP contribution in [0.4, 0.5) is 50.9 Å². The Kier molecular flexibility index (Phi) is 8.55. The van der Waals surface area contributed by atoms with Crippen LogP contribution < -0.4 is 16.0 Å². The van der Waals surface area contributed by atoms with Gasteiger partial charge < -0.3 is 26.2 Å². The SMILES string of the molecule is CC(=O)Nc1c(C(F)(F)F)c(NC(C)=O)c(C(F)(F)F)c(C(=O)NCC(O)CO)c1C(F)(F)F. The Hall–Kier alpha value is -3.08. The molecule has 0 aliphatic carbocycles. The van der Waals surface area contributed by atoms with Gasteiger partial charge in [-0.2, -0.15) is 39.5 Å². The van der Waals surface area contributed by atoms with Gasteiger partial charge in [0, 0.05) is 20.4 Å². The van der Waals surface area contributed by atoms with Crippen LogP contribution in [-0.2, 0) is 28.1 Å². The third-order valence-corrected chi connectivity index (χ3v) is 3.89. The van der Waals surface area contributed by atoms with Crippen molar-refractivity contribution >= 4 is 29.1 Å². The van der Waals surface area contributed by atoms with E-state index < -0.39 is 89.1 Å². The van der Waals surface area contributed by atoms with Crippen LogP contribution in [0.25, 0.3) is 0 Å². The number of nitrogens with one attached hydrogen (secondary N) is 3. The first kappa shape index (κ1) is 29.0. The van der Waals surface area contributed by atoms with Gasteiger partial charge in [0.25, 0.3) is 5.91 Å². The first-order valence-corrected chi connectivity index (χ1v) is 8.81. The summed E-state index contributed by atoms with van der Waals surface area (Å²) in [6.07, 6.45) is -20.0. The summed E-state index contributed by atoms with van der Waals surface area (Å²) < 4.78 is 125. The maximum absolute atomic E-state index is 13.9. The molecular weight excluding hydrogens is 497 g/mol. The summed E-state index contributed by atoms with van der Waals surface area (Å²) in [5.74, 6) is -5.42. The lowest BCUT2D eigenvalue weighted by Gasteiger charge is -2.28. The molecule has 3 amide bonds. The highest BCUT2D eigenvalue weighted by atomic mass is 19.4. The Morgan fingerprint density at radius 1 is 0.765 bits per heavy atom. The van der Waals surface area contributed by atoms with Crippen molar-refractivity contribution in [3.05, 3.63) is 22.3 Å². The quantitative estimate of drug-likeness (QED) is 0.374. The predicted octanol–water partition coefficient (Wildman–Crippen LogP) is 2.74. The van der Waals surface area contributed by atoms with Crippen molar-refractivity contribution in [2.45, 2.75) is 38.5 Å². The van der Waals surface area contributed by atoms with Gasteiger partial charge in [0.2, 0.25) is 11.8 Å². The third-order valence-electron chi connectivity index (χ3n) is 3.89. The van der Waals surface area contributed by atoms with Crippen LogP contribution in [0.15, 0.2) is 0 Å². The molecule has 1 aromatic carbocycles. The first-order chi connectivity index (χ1) is 15.2. The number of aliphatic hydroxyl groups excluding tert-OH is 2. The van der Waals surface area contributed by atoms with Crippen molar-refractivity contribution in [1.29, 1.82) is 0 Å². The fourth-order valence-corrected chi connectivity index (χ4v) is 2.79. The lowest BCUT2D eigenvalue weighted by Crippen LogP contribution is -2.37. The second kappa shape index (κ2) is 10.0. The molecule has 8 nitrogen and oxygen atoms in total. The van der Waals surface area contributed by atoms with Gasteiger partial charge in [0.15, 0.2) is 0 Å². The summed E-state index contributed by atoms with van der Waals surface area (Å²) >= 11 is 0. The van der Waals surface area contributed by atoms with E-state index in [9.17, 15) is 59.0 Å². The van der Waals surface area contributed by atoms with Crippen LogP contribution in [0.2, 0.25) is 0 Å². The van der Waals surface area contributed by atoms with E-state index in [1.54, 1.807) is 0 Å². The summed E-state index contributed by atoms with van der Waals surface area (Å²) in [7, 11) is 0. The van der Waals surface area contributed by atoms with Crippen LogP contribution in [0.1, 0.15) is 40.9 Å². The molecule has 0 aliphatic heterocycles. The fourth-order valence-electron chi connectivity index (χ4n) is 2.79. The number of alkyl halides is 9. The third kappa shape index (κ3) is 6.72. The molecule has 0 spiro atoms. The first-order valence-electron chi connectivity index (χ1n) is 8.81. The number of aliphatic hydroxyl groups is 2. The number of benzene rings is 1. The molecule has 5 N–H and O–H groups in total. The van der Waals surface area contributed by atoms with Crippen LogP contribution in [0.5, 0.6) is 0 Å². The standard InChI is InChI=1S/C17H16F9N3O5/c1-5(31)28-12-9(15(18,19)20)8(14(34)27-3-7(33)4-30)10(16(21,22)23)13(29-6(2)32)11(12)17(24,25)26/h7,30,33H,3-4H2,1-2H3,(H,27,34)(H,28,31)(H,29,32). The Morgan fingerprint density at radius 2 is 1.12 bits per heavy atom. The lowest BCUT2D eigenvalue weighted by atomic mass is 9.90. The number of hydrogen-bond donors (Lipinski definition) is 5. The topological polar surface area (TPSA) is 128 Å². The highest BCUT2D eigenvalue weighted by molar-refractivity contribution is 6.06. The lowest BCUT2D eigenvalue weighted by molar-refractivity contribution is -0.147. The van der Waals surface area contributed by atoms with Gasteiger partial charge in [-0.05, 0) is 0 Å². The molecule has 0 saturated carbocycles. The average molecular weight is 513 g/mol. The zero-order chi connectivity index (χ0) is 26.8. The van der Waals surface area contributed by atoms with E-state index in [-0.39, 0.29) is 0 Å². The van der Waals surface area contributed by atoms with Crippen molar-refractivity contribution in [2.75, 3.05) is 23.8 Å². The van der Waals surface area contributed by atoms with Gasteiger partial charge in [-0.1, -0.05) is 0 Å². The maximum atomic E-state index is 13.9. The van der Waals surface area contributed by atoms with E-state index in [2.05, 4.69) is 0 Å². The molecule has 1 unspecified atom stereocenters. The van der Waals surface area contributed by atoms with E-state index in [1.807, 2.05) is 0 Å². The van der Waals surface area contributed by atoms with Gasteiger partial charge in [-0.3, -0.25) is 14.4 Å². The number of rotatable bonds is 6. The van der Waals surface area contributed by atoms with Gasteiger partial charge in [0.05, 0.1) is 40.8 Å². The van der Waals surface area contributed by atoms with E-state index >= 15 is 0 Å². The minimum atomic E-state index is -6.07. The van der Waals surface area contributed by atoms with Crippen molar-refractivity contribution < 1.29 is 64.1 Å². The van der Waals surface area contributed by atoms with Crippen LogP contribution in [0, 0.1) is 0 Å². The Balaban J connectivity index is 4.42. The van der Waals surface area contributed by atoms with Crippen molar-refractivity contribution in [3.63, 3.8) is 0 Å². The van der Waals surface area contributed by atoms with Crippen molar-refractivity contribution in [2.24, 2.45) is 0 Å². The van der Waals surface area contributed by atoms with Crippen LogP contribution >= 0.6 is 0 Å². The number of hydrogen-bond acceptors (Lipinski definition) is 5. The highest BCUT2D eigenvalue weighted by Gasteiger charge is 2.53. The van der Waals surface area contributed by atoms with Crippen molar-refractivity contribution in [1.82, 2.24) is 5.32 Å². The molecule has 0 aromatic heterocycles. The monoisotopic (exact) mass is 513 g/mol. The Bertz CT molecular complexity index is 916. The number of carbonyl (C=O) groups is 3. The van der Waals surface area contributed by atoms with Gasteiger partial charge >= 0.3 is 18.5 Å². The molecule has 1 atom stereocenters. The van der Waals surface area contributed by atoms with Gasteiger partial charge in [0.1, 0.15) is 5.56 Å². The molecule has 192 valence electrons. The van der Waals surface area contributed by atoms with Crippen LogP contribution in [-0.4, -0.2) is 47.2 Å².